The summed E-state index contributed by atoms with van der Waals surface area (Å²) < 4.78 is 16.5. The molecule has 1 aromatic heterocycles. The number of carbonyl (C=O) groups is 3. The lowest BCUT2D eigenvalue weighted by atomic mass is 9.84. The Morgan fingerprint density at radius 3 is 2.50 bits per heavy atom. The van der Waals surface area contributed by atoms with Gasteiger partial charge in [0.2, 0.25) is 5.91 Å². The number of rotatable bonds is 14. The Bertz CT molecular complexity index is 1210. The highest BCUT2D eigenvalue weighted by Gasteiger charge is 2.36. The maximum Gasteiger partial charge on any atom is 0.272 e. The second-order valence-corrected chi connectivity index (χ2v) is 12.0. The summed E-state index contributed by atoms with van der Waals surface area (Å²) in [6, 6.07) is -0.888. The molecule has 1 heterocycles. The van der Waals surface area contributed by atoms with Crippen LogP contribution in [0.15, 0.2) is 35.8 Å². The van der Waals surface area contributed by atoms with Crippen LogP contribution in [0.1, 0.15) is 74.5 Å². The minimum atomic E-state index is -1.82. The highest BCUT2D eigenvalue weighted by Crippen LogP contribution is 2.29. The lowest BCUT2D eigenvalue weighted by Gasteiger charge is -2.29. The fourth-order valence-corrected chi connectivity index (χ4v) is 5.55. The number of ether oxygens (including phenoxy) is 3. The predicted octanol–water partition coefficient (Wildman–Crippen LogP) is 3.23. The Morgan fingerprint density at radius 2 is 1.88 bits per heavy atom. The number of ketones is 1. The third kappa shape index (κ3) is 8.19. The summed E-state index contributed by atoms with van der Waals surface area (Å²) in [6.45, 7) is 5.91. The largest absolute Gasteiger partial charge is 0.498 e. The number of amides is 2. The SMILES string of the molecule is COC1=CC(CCC[C@@H](C(=O)N[C@@H](CC(C)(C)C)C(=O)c2c[nH]c3c2C=CCC3)[C@H](O)C(=O)NO)=CC(OC)C1OC. The molecule has 0 bridgehead atoms. The van der Waals surface area contributed by atoms with Crippen molar-refractivity contribution in [3.05, 3.63) is 52.6 Å². The summed E-state index contributed by atoms with van der Waals surface area (Å²) in [6.07, 6.45) is 9.82. The van der Waals surface area contributed by atoms with Gasteiger partial charge in [-0.15, -0.1) is 0 Å². The average molecular weight is 588 g/mol. The van der Waals surface area contributed by atoms with Gasteiger partial charge < -0.3 is 29.6 Å². The number of aliphatic hydroxyl groups is 1. The second kappa shape index (κ2) is 14.8. The maximum absolute atomic E-state index is 13.8. The standard InChI is InChI=1S/C31H45N3O8/c1-31(2,3)16-23(26(35)21-17-32-22-13-8-7-11-19(21)22)33-29(37)20(27(36)30(38)34-39)12-9-10-18-14-24(40-4)28(42-6)25(15-18)41-5/h7,11,14-15,17,20,23-24,27-28,32,36,39H,8-10,12-13,16H2,1-6H3,(H,33,37)(H,34,38)/t20-,23+,24?,27+,28?/m1/s1. The van der Waals surface area contributed by atoms with Gasteiger partial charge in [0.1, 0.15) is 24.1 Å². The van der Waals surface area contributed by atoms with Crippen molar-refractivity contribution in [2.24, 2.45) is 11.3 Å². The van der Waals surface area contributed by atoms with E-state index in [0.29, 0.717) is 30.6 Å². The zero-order chi connectivity index (χ0) is 31.0. The molecule has 2 aliphatic rings. The third-order valence-electron chi connectivity index (χ3n) is 7.69. The van der Waals surface area contributed by atoms with Gasteiger partial charge in [-0.1, -0.05) is 32.9 Å². The van der Waals surface area contributed by atoms with Crippen molar-refractivity contribution in [2.75, 3.05) is 21.3 Å². The van der Waals surface area contributed by atoms with Gasteiger partial charge >= 0.3 is 0 Å². The molecule has 3 rings (SSSR count). The van der Waals surface area contributed by atoms with E-state index in [4.69, 9.17) is 14.2 Å². The van der Waals surface area contributed by atoms with Gasteiger partial charge in [0.25, 0.3) is 5.91 Å². The Kier molecular flexibility index (Phi) is 11.7. The molecule has 1 aromatic rings. The number of aliphatic hydroxyl groups excluding tert-OH is 1. The van der Waals surface area contributed by atoms with Crippen molar-refractivity contribution in [3.63, 3.8) is 0 Å². The first-order valence-electron chi connectivity index (χ1n) is 14.3. The van der Waals surface area contributed by atoms with Gasteiger partial charge in [0.15, 0.2) is 5.78 Å². The smallest absolute Gasteiger partial charge is 0.272 e. The lowest BCUT2D eigenvalue weighted by Crippen LogP contribution is -2.50. The summed E-state index contributed by atoms with van der Waals surface area (Å²) in [5.74, 6) is -2.60. The molecule has 42 heavy (non-hydrogen) atoms. The van der Waals surface area contributed by atoms with Crippen LogP contribution in [0.2, 0.25) is 0 Å². The van der Waals surface area contributed by atoms with E-state index in [1.54, 1.807) is 27.5 Å². The van der Waals surface area contributed by atoms with Crippen LogP contribution in [-0.4, -0.2) is 78.6 Å². The molecule has 2 unspecified atom stereocenters. The minimum absolute atomic E-state index is 0.109. The van der Waals surface area contributed by atoms with Gasteiger partial charge in [0.05, 0.1) is 19.1 Å². The highest BCUT2D eigenvalue weighted by molar-refractivity contribution is 6.05. The summed E-state index contributed by atoms with van der Waals surface area (Å²) >= 11 is 0. The van der Waals surface area contributed by atoms with Crippen molar-refractivity contribution in [3.8, 4) is 0 Å². The van der Waals surface area contributed by atoms with Crippen LogP contribution in [0, 0.1) is 11.3 Å². The predicted molar refractivity (Wildman–Crippen MR) is 157 cm³/mol. The highest BCUT2D eigenvalue weighted by atomic mass is 16.6. The Morgan fingerprint density at radius 1 is 1.14 bits per heavy atom. The van der Waals surface area contributed by atoms with Gasteiger partial charge in [-0.05, 0) is 61.7 Å². The van der Waals surface area contributed by atoms with E-state index in [2.05, 4.69) is 10.3 Å². The van der Waals surface area contributed by atoms with E-state index in [9.17, 15) is 24.7 Å². The fraction of sp³-hybridized carbons (Fsp3) is 0.581. The number of H-pyrrole nitrogens is 1. The molecule has 0 aromatic carbocycles. The minimum Gasteiger partial charge on any atom is -0.498 e. The van der Waals surface area contributed by atoms with Crippen LogP contribution >= 0.6 is 0 Å². The van der Waals surface area contributed by atoms with E-state index >= 15 is 0 Å². The number of hydroxylamine groups is 1. The number of methoxy groups -OCH3 is 3. The quantitative estimate of drug-likeness (QED) is 0.126. The molecular weight excluding hydrogens is 542 g/mol. The average Bonchev–Trinajstić information content (AvgIpc) is 3.40. The summed E-state index contributed by atoms with van der Waals surface area (Å²) in [4.78, 5) is 42.8. The Balaban J connectivity index is 1.80. The molecule has 5 N–H and O–H groups in total. The van der Waals surface area contributed by atoms with Gasteiger partial charge in [0, 0.05) is 37.2 Å². The second-order valence-electron chi connectivity index (χ2n) is 12.0. The van der Waals surface area contributed by atoms with Crippen LogP contribution in [0.3, 0.4) is 0 Å². The first-order chi connectivity index (χ1) is 19.9. The molecule has 2 amide bonds. The molecule has 0 aliphatic heterocycles. The molecule has 2 aliphatic carbocycles. The van der Waals surface area contributed by atoms with E-state index in [1.165, 1.54) is 5.48 Å². The van der Waals surface area contributed by atoms with Crippen molar-refractivity contribution >= 4 is 23.7 Å². The molecule has 5 atom stereocenters. The normalized spacial score (nSPS) is 20.5. The number of Topliss-reactive ketones (excluding diaryl/α,β-unsaturated/α-hetero) is 1. The molecule has 0 radical (unpaired) electrons. The fourth-order valence-electron chi connectivity index (χ4n) is 5.55. The topological polar surface area (TPSA) is 159 Å². The molecule has 0 spiro atoms. The Hall–Kier alpha value is -3.25. The summed E-state index contributed by atoms with van der Waals surface area (Å²) in [5, 5.41) is 22.7. The molecule has 232 valence electrons. The summed E-state index contributed by atoms with van der Waals surface area (Å²) in [7, 11) is 4.69. The summed E-state index contributed by atoms with van der Waals surface area (Å²) in [5.41, 5.74) is 4.30. The number of nitrogens with one attached hydrogen (secondary N) is 3. The number of aromatic amines is 1. The van der Waals surface area contributed by atoms with Gasteiger partial charge in [-0.25, -0.2) is 5.48 Å². The van der Waals surface area contributed by atoms with E-state index in [1.807, 2.05) is 45.1 Å². The van der Waals surface area contributed by atoms with E-state index in [-0.39, 0.29) is 23.7 Å². The number of aromatic nitrogens is 1. The number of allylic oxidation sites excluding steroid dienone is 3. The third-order valence-corrected chi connectivity index (χ3v) is 7.69. The Labute approximate surface area is 247 Å². The first-order valence-corrected chi connectivity index (χ1v) is 14.3. The maximum atomic E-state index is 13.8. The first kappa shape index (κ1) is 33.3. The van der Waals surface area contributed by atoms with Crippen LogP contribution in [0.4, 0.5) is 0 Å². The zero-order valence-corrected chi connectivity index (χ0v) is 25.4. The van der Waals surface area contributed by atoms with Crippen molar-refractivity contribution in [1.29, 1.82) is 0 Å². The molecular formula is C31H45N3O8. The van der Waals surface area contributed by atoms with Crippen LogP contribution < -0.4 is 10.8 Å². The molecule has 11 nitrogen and oxygen atoms in total. The van der Waals surface area contributed by atoms with E-state index < -0.39 is 36.0 Å². The van der Waals surface area contributed by atoms with Gasteiger partial charge in [-0.3, -0.25) is 19.6 Å². The zero-order valence-electron chi connectivity index (χ0n) is 25.4. The number of carbonyl (C=O) groups excluding carboxylic acids is 3. The van der Waals surface area contributed by atoms with Crippen LogP contribution in [-0.2, 0) is 30.2 Å². The lowest BCUT2D eigenvalue weighted by molar-refractivity contribution is -0.146. The number of hydrogen-bond donors (Lipinski definition) is 5. The monoisotopic (exact) mass is 587 g/mol. The van der Waals surface area contributed by atoms with Crippen molar-refractivity contribution < 1.29 is 38.9 Å². The molecule has 11 heteroatoms. The van der Waals surface area contributed by atoms with Gasteiger partial charge in [-0.2, -0.15) is 0 Å². The van der Waals surface area contributed by atoms with Crippen LogP contribution in [0.25, 0.3) is 6.08 Å². The van der Waals surface area contributed by atoms with Crippen molar-refractivity contribution in [1.82, 2.24) is 15.8 Å². The number of hydrogen-bond acceptors (Lipinski definition) is 8. The number of aryl methyl sites for hydroxylation is 1. The van der Waals surface area contributed by atoms with Crippen molar-refractivity contribution in [2.45, 2.75) is 83.6 Å². The molecule has 0 saturated heterocycles. The van der Waals surface area contributed by atoms with E-state index in [0.717, 1.165) is 29.7 Å². The number of fused-ring (bicyclic) bond motifs is 1. The van der Waals surface area contributed by atoms with Crippen LogP contribution in [0.5, 0.6) is 0 Å². The molecule has 0 saturated carbocycles. The molecule has 0 fully saturated rings.